The van der Waals surface area contributed by atoms with Gasteiger partial charge < -0.3 is 14.2 Å². The fourth-order valence-electron chi connectivity index (χ4n) is 4.98. The molecule has 0 radical (unpaired) electrons. The molecule has 1 aliphatic heterocycles. The van der Waals surface area contributed by atoms with E-state index in [-0.39, 0.29) is 18.0 Å². The van der Waals surface area contributed by atoms with Gasteiger partial charge in [0.1, 0.15) is 24.1 Å². The minimum Gasteiger partial charge on any atom is -0.486 e. The lowest BCUT2D eigenvalue weighted by molar-refractivity contribution is -0.152. The number of carbonyl (C=O) groups is 1. The van der Waals surface area contributed by atoms with Gasteiger partial charge in [-0.25, -0.2) is 9.67 Å². The molecule has 0 bridgehead atoms. The summed E-state index contributed by atoms with van der Waals surface area (Å²) < 4.78 is 18.2. The number of nitrogens with zero attached hydrogens (tertiary/aromatic N) is 8. The van der Waals surface area contributed by atoms with Crippen molar-refractivity contribution in [3.8, 4) is 17.1 Å². The van der Waals surface area contributed by atoms with Crippen LogP contribution in [0.4, 0.5) is 0 Å². The van der Waals surface area contributed by atoms with Gasteiger partial charge in [0.15, 0.2) is 5.82 Å². The molecule has 1 saturated carbocycles. The summed E-state index contributed by atoms with van der Waals surface area (Å²) in [7, 11) is 3.22. The van der Waals surface area contributed by atoms with Crippen molar-refractivity contribution in [2.75, 3.05) is 20.3 Å². The number of ether oxygens (including phenoxy) is 3. The zero-order valence-corrected chi connectivity index (χ0v) is 21.0. The maximum Gasteiger partial charge on any atom is 0.311 e. The van der Waals surface area contributed by atoms with Crippen molar-refractivity contribution in [3.63, 3.8) is 0 Å². The summed E-state index contributed by atoms with van der Waals surface area (Å²) in [4.78, 5) is 18.2. The van der Waals surface area contributed by atoms with Gasteiger partial charge in [0.25, 0.3) is 0 Å². The number of pyridine rings is 1. The van der Waals surface area contributed by atoms with Crippen LogP contribution in [0.2, 0.25) is 0 Å². The Morgan fingerprint density at radius 1 is 1.17 bits per heavy atom. The Bertz CT molecular complexity index is 1200. The highest BCUT2D eigenvalue weighted by molar-refractivity contribution is 5.72. The van der Waals surface area contributed by atoms with Crippen molar-refractivity contribution in [2.24, 2.45) is 18.9 Å². The summed E-state index contributed by atoms with van der Waals surface area (Å²) in [6.45, 7) is 3.03. The summed E-state index contributed by atoms with van der Waals surface area (Å²) in [5.41, 5.74) is 2.89. The van der Waals surface area contributed by atoms with Gasteiger partial charge in [0, 0.05) is 19.9 Å². The van der Waals surface area contributed by atoms with E-state index in [9.17, 15) is 4.79 Å². The first-order valence-corrected chi connectivity index (χ1v) is 12.5. The Balaban J connectivity index is 1.28. The molecule has 36 heavy (non-hydrogen) atoms. The molecule has 4 heterocycles. The number of aromatic nitrogens is 8. The van der Waals surface area contributed by atoms with Gasteiger partial charge in [-0.3, -0.25) is 4.79 Å². The summed E-state index contributed by atoms with van der Waals surface area (Å²) in [5, 5.41) is 21.6. The Morgan fingerprint density at radius 3 is 2.78 bits per heavy atom. The largest absolute Gasteiger partial charge is 0.486 e. The lowest BCUT2D eigenvalue weighted by Crippen LogP contribution is -2.37. The van der Waals surface area contributed by atoms with Gasteiger partial charge in [0.05, 0.1) is 43.3 Å². The maximum absolute atomic E-state index is 11.9. The number of carbonyl (C=O) groups excluding carboxylic acids is 1. The van der Waals surface area contributed by atoms with Crippen LogP contribution in [0.5, 0.6) is 5.75 Å². The van der Waals surface area contributed by atoms with E-state index in [1.807, 2.05) is 26.1 Å². The first-order chi connectivity index (χ1) is 17.5. The molecule has 2 fully saturated rings. The van der Waals surface area contributed by atoms with E-state index >= 15 is 0 Å². The van der Waals surface area contributed by atoms with Crippen LogP contribution < -0.4 is 4.74 Å². The summed E-state index contributed by atoms with van der Waals surface area (Å²) >= 11 is 0. The molecule has 192 valence electrons. The molecule has 0 unspecified atom stereocenters. The standard InChI is InChI=1S/C24H32N8O4/c1-15-21(36-18-11-17(13-35-14-18)24(33)34-3)9-8-19(25-15)23-20(31(2)29-27-23)12-32-28-22(26-30-32)10-16-6-4-5-7-16/h8-9,16-18H,4-7,10-14H2,1-3H3/t17-,18-/m1/s1. The average Bonchev–Trinajstić information content (AvgIpc) is 3.64. The van der Waals surface area contributed by atoms with Gasteiger partial charge in [-0.2, -0.15) is 4.80 Å². The van der Waals surface area contributed by atoms with Gasteiger partial charge in [-0.1, -0.05) is 30.9 Å². The quantitative estimate of drug-likeness (QED) is 0.426. The molecule has 1 saturated heterocycles. The molecule has 12 heteroatoms. The number of hydrogen-bond acceptors (Lipinski definition) is 10. The lowest BCUT2D eigenvalue weighted by Gasteiger charge is -2.28. The SMILES string of the molecule is COC(=O)[C@H]1COC[C@H](Oc2ccc(-c3nnn(C)c3Cn3nnc(CC4CCCC4)n3)nc2C)C1. The molecule has 0 amide bonds. The summed E-state index contributed by atoms with van der Waals surface area (Å²) in [6, 6.07) is 3.73. The highest BCUT2D eigenvalue weighted by Gasteiger charge is 2.30. The maximum atomic E-state index is 11.9. The number of tetrazole rings is 1. The van der Waals surface area contributed by atoms with E-state index in [2.05, 4.69) is 25.7 Å². The third-order valence-electron chi connectivity index (χ3n) is 6.95. The monoisotopic (exact) mass is 496 g/mol. The van der Waals surface area contributed by atoms with Crippen LogP contribution in [0.25, 0.3) is 11.4 Å². The predicted molar refractivity (Wildman–Crippen MR) is 127 cm³/mol. The topological polar surface area (TPSA) is 132 Å². The molecule has 2 aliphatic rings. The summed E-state index contributed by atoms with van der Waals surface area (Å²) in [6.07, 6.45) is 6.24. The van der Waals surface area contributed by atoms with Crippen LogP contribution in [0, 0.1) is 18.8 Å². The van der Waals surface area contributed by atoms with Gasteiger partial charge in [0.2, 0.25) is 0 Å². The highest BCUT2D eigenvalue weighted by Crippen LogP contribution is 2.28. The van der Waals surface area contributed by atoms with Crippen LogP contribution >= 0.6 is 0 Å². The fraction of sp³-hybridized carbons (Fsp3) is 0.625. The first-order valence-electron chi connectivity index (χ1n) is 12.5. The minimum absolute atomic E-state index is 0.252. The Hall–Kier alpha value is -3.41. The number of hydrogen-bond donors (Lipinski definition) is 0. The number of rotatable bonds is 8. The van der Waals surface area contributed by atoms with Crippen molar-refractivity contribution < 1.29 is 19.0 Å². The second-order valence-electron chi connectivity index (χ2n) is 9.61. The Kier molecular flexibility index (Phi) is 7.21. The Morgan fingerprint density at radius 2 is 2.00 bits per heavy atom. The Labute approximate surface area is 209 Å². The van der Waals surface area contributed by atoms with E-state index in [0.717, 1.165) is 17.9 Å². The molecule has 12 nitrogen and oxygen atoms in total. The second kappa shape index (κ2) is 10.7. The molecular weight excluding hydrogens is 464 g/mol. The molecule has 3 aromatic heterocycles. The van der Waals surface area contributed by atoms with Crippen LogP contribution in [0.1, 0.15) is 49.3 Å². The molecule has 1 aliphatic carbocycles. The van der Waals surface area contributed by atoms with Crippen molar-refractivity contribution >= 4 is 5.97 Å². The number of aryl methyl sites for hydroxylation is 2. The molecule has 0 spiro atoms. The van der Waals surface area contributed by atoms with E-state index in [1.165, 1.54) is 32.8 Å². The fourth-order valence-corrected chi connectivity index (χ4v) is 4.98. The summed E-state index contributed by atoms with van der Waals surface area (Å²) in [5.74, 6) is 1.48. The average molecular weight is 497 g/mol. The number of methoxy groups -OCH3 is 1. The van der Waals surface area contributed by atoms with Crippen molar-refractivity contribution in [2.45, 2.75) is 58.1 Å². The molecule has 3 aromatic rings. The third kappa shape index (κ3) is 5.38. The van der Waals surface area contributed by atoms with Gasteiger partial charge in [-0.05, 0) is 30.2 Å². The lowest BCUT2D eigenvalue weighted by atomic mass is 10.0. The van der Waals surface area contributed by atoms with Gasteiger partial charge >= 0.3 is 5.97 Å². The van der Waals surface area contributed by atoms with E-state index < -0.39 is 0 Å². The van der Waals surface area contributed by atoms with Crippen molar-refractivity contribution in [1.29, 1.82) is 0 Å². The van der Waals surface area contributed by atoms with E-state index in [1.54, 1.807) is 9.48 Å². The van der Waals surface area contributed by atoms with Crippen LogP contribution in [0.3, 0.4) is 0 Å². The molecule has 0 N–H and O–H groups in total. The molecule has 5 rings (SSSR count). The predicted octanol–water partition coefficient (Wildman–Crippen LogP) is 1.91. The number of esters is 1. The minimum atomic E-state index is -0.326. The van der Waals surface area contributed by atoms with Crippen LogP contribution in [0.15, 0.2) is 12.1 Å². The molecular formula is C24H32N8O4. The van der Waals surface area contributed by atoms with Crippen LogP contribution in [-0.2, 0) is 34.3 Å². The van der Waals surface area contributed by atoms with Gasteiger partial charge in [-0.15, -0.1) is 15.3 Å². The van der Waals surface area contributed by atoms with Crippen molar-refractivity contribution in [3.05, 3.63) is 29.3 Å². The van der Waals surface area contributed by atoms with E-state index in [4.69, 9.17) is 19.2 Å². The molecule has 0 aromatic carbocycles. The normalized spacial score (nSPS) is 20.5. The highest BCUT2D eigenvalue weighted by atomic mass is 16.5. The first kappa shape index (κ1) is 24.3. The zero-order chi connectivity index (χ0) is 25.1. The third-order valence-corrected chi connectivity index (χ3v) is 6.95. The van der Waals surface area contributed by atoms with Crippen molar-refractivity contribution in [1.82, 2.24) is 40.2 Å². The second-order valence-corrected chi connectivity index (χ2v) is 9.61. The van der Waals surface area contributed by atoms with E-state index in [0.29, 0.717) is 54.9 Å². The van der Waals surface area contributed by atoms with Crippen LogP contribution in [-0.4, -0.2) is 72.6 Å². The smallest absolute Gasteiger partial charge is 0.311 e. The molecule has 2 atom stereocenters. The zero-order valence-electron chi connectivity index (χ0n) is 21.0.